The molecule has 102 valence electrons. The zero-order chi connectivity index (χ0) is 14.1. The maximum atomic E-state index is 8.88. The summed E-state index contributed by atoms with van der Waals surface area (Å²) in [5.74, 6) is 0. The summed E-state index contributed by atoms with van der Waals surface area (Å²) in [7, 11) is 0. The van der Waals surface area contributed by atoms with Crippen LogP contribution in [0, 0.1) is 14.2 Å². The minimum absolute atomic E-state index is 0.323. The second kappa shape index (κ2) is 5.92. The van der Waals surface area contributed by atoms with E-state index in [0.717, 1.165) is 12.1 Å². The van der Waals surface area contributed by atoms with Gasteiger partial charge in [-0.25, -0.2) is 0 Å². The van der Waals surface area contributed by atoms with Crippen LogP contribution in [-0.4, -0.2) is 0 Å². The molecule has 1 aliphatic rings. The number of nitrogens with zero attached hydrogens (tertiary/aromatic N) is 1. The number of anilines is 1. The Hall–Kier alpha value is -0.770. The first-order valence-corrected chi connectivity index (χ1v) is 8.69. The lowest BCUT2D eigenvalue weighted by Gasteiger charge is -2.25. The van der Waals surface area contributed by atoms with Crippen molar-refractivity contribution in [3.8, 4) is 6.07 Å². The highest BCUT2D eigenvalue weighted by Crippen LogP contribution is 2.39. The first-order valence-electron chi connectivity index (χ1n) is 6.41. The second-order valence-electron chi connectivity index (χ2n) is 4.82. The van der Waals surface area contributed by atoms with Crippen LogP contribution >= 0.6 is 45.5 Å². The highest BCUT2D eigenvalue weighted by Gasteiger charge is 2.23. The van der Waals surface area contributed by atoms with E-state index in [1.807, 2.05) is 17.4 Å². The van der Waals surface area contributed by atoms with Crippen molar-refractivity contribution in [3.05, 3.63) is 48.2 Å². The summed E-state index contributed by atoms with van der Waals surface area (Å²) in [5.41, 5.74) is 2.91. The molecule has 0 radical (unpaired) electrons. The summed E-state index contributed by atoms with van der Waals surface area (Å²) < 4.78 is 1.34. The fraction of sp³-hybridized carbons (Fsp3) is 0.267. The van der Waals surface area contributed by atoms with Crippen molar-refractivity contribution in [3.63, 3.8) is 0 Å². The molecule has 1 N–H and O–H groups in total. The number of rotatable bonds is 2. The fourth-order valence-corrected chi connectivity index (χ4v) is 4.92. The molecule has 0 aliphatic heterocycles. The van der Waals surface area contributed by atoms with E-state index in [0.29, 0.717) is 16.6 Å². The predicted octanol–water partition coefficient (Wildman–Crippen LogP) is 5.37. The van der Waals surface area contributed by atoms with Crippen LogP contribution < -0.4 is 5.32 Å². The van der Waals surface area contributed by atoms with Crippen LogP contribution in [0.3, 0.4) is 0 Å². The van der Waals surface area contributed by atoms with Crippen LogP contribution in [0.4, 0.5) is 5.69 Å². The normalized spacial score (nSPS) is 17.4. The van der Waals surface area contributed by atoms with Gasteiger partial charge in [-0.05, 0) is 71.7 Å². The largest absolute Gasteiger partial charge is 0.377 e. The fourth-order valence-electron chi connectivity index (χ4n) is 2.56. The van der Waals surface area contributed by atoms with Crippen LogP contribution in [0.5, 0.6) is 0 Å². The third kappa shape index (κ3) is 2.80. The van der Waals surface area contributed by atoms with Gasteiger partial charge >= 0.3 is 0 Å². The Morgan fingerprint density at radius 2 is 2.25 bits per heavy atom. The third-order valence-electron chi connectivity index (χ3n) is 3.51. The lowest BCUT2D eigenvalue weighted by atomic mass is 9.94. The number of nitriles is 1. The zero-order valence-corrected chi connectivity index (χ0v) is 14.3. The molecule has 1 heterocycles. The number of fused-ring (bicyclic) bond motifs is 1. The average Bonchev–Trinajstić information content (AvgIpc) is 2.82. The molecule has 0 amide bonds. The van der Waals surface area contributed by atoms with E-state index >= 15 is 0 Å². The molecule has 1 unspecified atom stereocenters. The molecule has 20 heavy (non-hydrogen) atoms. The van der Waals surface area contributed by atoms with Gasteiger partial charge in [-0.15, -0.1) is 11.3 Å². The molecule has 3 rings (SSSR count). The number of halogens is 2. The predicted molar refractivity (Wildman–Crippen MR) is 92.5 cm³/mol. The minimum atomic E-state index is 0.323. The summed E-state index contributed by atoms with van der Waals surface area (Å²) in [6.45, 7) is 0. The molecule has 0 fully saturated rings. The molecule has 2 nitrogen and oxygen atoms in total. The standard InChI is InChI=1S/C15H12ClIN2S/c16-11-6-9(8-18)4-5-13(11)19-12-2-1-3-14-10(12)7-15(17)20-14/h4-7,12,19H,1-3H2. The molecular weight excluding hydrogens is 403 g/mol. The summed E-state index contributed by atoms with van der Waals surface area (Å²) >= 11 is 10.5. The van der Waals surface area contributed by atoms with Gasteiger partial charge < -0.3 is 5.32 Å². The van der Waals surface area contributed by atoms with Crippen molar-refractivity contribution in [1.82, 2.24) is 0 Å². The SMILES string of the molecule is N#Cc1ccc(NC2CCCc3sc(I)cc32)c(Cl)c1. The monoisotopic (exact) mass is 414 g/mol. The van der Waals surface area contributed by atoms with Gasteiger partial charge in [0, 0.05) is 4.88 Å². The van der Waals surface area contributed by atoms with Crippen LogP contribution in [0.25, 0.3) is 0 Å². The number of aryl methyl sites for hydroxylation is 1. The number of thiophene rings is 1. The summed E-state index contributed by atoms with van der Waals surface area (Å²) in [4.78, 5) is 1.49. The molecule has 1 aromatic heterocycles. The van der Waals surface area contributed by atoms with E-state index in [1.54, 1.807) is 12.1 Å². The molecule has 1 aliphatic carbocycles. The molecular formula is C15H12ClIN2S. The Balaban J connectivity index is 1.87. The summed E-state index contributed by atoms with van der Waals surface area (Å²) in [5, 5.41) is 13.0. The van der Waals surface area contributed by atoms with Gasteiger partial charge in [0.25, 0.3) is 0 Å². The Kier molecular flexibility index (Phi) is 4.20. The lowest BCUT2D eigenvalue weighted by molar-refractivity contribution is 0.609. The Morgan fingerprint density at radius 1 is 1.40 bits per heavy atom. The molecule has 1 aromatic carbocycles. The minimum Gasteiger partial charge on any atom is -0.377 e. The molecule has 0 bridgehead atoms. The van der Waals surface area contributed by atoms with E-state index in [4.69, 9.17) is 16.9 Å². The number of benzene rings is 1. The molecule has 0 saturated heterocycles. The Bertz CT molecular complexity index is 690. The lowest BCUT2D eigenvalue weighted by Crippen LogP contribution is -2.15. The van der Waals surface area contributed by atoms with Crippen LogP contribution in [0.1, 0.15) is 34.9 Å². The molecule has 0 spiro atoms. The van der Waals surface area contributed by atoms with Gasteiger partial charge in [0.2, 0.25) is 0 Å². The first-order chi connectivity index (χ1) is 9.67. The first kappa shape index (κ1) is 14.2. The number of hydrogen-bond donors (Lipinski definition) is 1. The zero-order valence-electron chi connectivity index (χ0n) is 10.6. The topological polar surface area (TPSA) is 35.8 Å². The maximum absolute atomic E-state index is 8.88. The molecule has 2 aromatic rings. The van der Waals surface area contributed by atoms with Crippen LogP contribution in [-0.2, 0) is 6.42 Å². The van der Waals surface area contributed by atoms with Crippen molar-refractivity contribution in [2.45, 2.75) is 25.3 Å². The van der Waals surface area contributed by atoms with Gasteiger partial charge in [0.1, 0.15) is 0 Å². The number of hydrogen-bond acceptors (Lipinski definition) is 3. The quantitative estimate of drug-likeness (QED) is 0.671. The summed E-state index contributed by atoms with van der Waals surface area (Å²) in [6, 6.07) is 10.1. The van der Waals surface area contributed by atoms with Gasteiger partial charge in [-0.3, -0.25) is 0 Å². The summed E-state index contributed by atoms with van der Waals surface area (Å²) in [6.07, 6.45) is 3.51. The molecule has 0 saturated carbocycles. The Morgan fingerprint density at radius 3 is 3.00 bits per heavy atom. The van der Waals surface area contributed by atoms with Crippen molar-refractivity contribution in [2.24, 2.45) is 0 Å². The highest BCUT2D eigenvalue weighted by atomic mass is 127. The van der Waals surface area contributed by atoms with E-state index in [1.165, 1.54) is 26.2 Å². The van der Waals surface area contributed by atoms with Crippen molar-refractivity contribution < 1.29 is 0 Å². The van der Waals surface area contributed by atoms with Crippen molar-refractivity contribution >= 4 is 51.2 Å². The second-order valence-corrected chi connectivity index (χ2v) is 8.26. The van der Waals surface area contributed by atoms with E-state index in [9.17, 15) is 0 Å². The van der Waals surface area contributed by atoms with Gasteiger partial charge in [-0.2, -0.15) is 5.26 Å². The molecule has 5 heteroatoms. The van der Waals surface area contributed by atoms with E-state index in [-0.39, 0.29) is 0 Å². The van der Waals surface area contributed by atoms with Crippen molar-refractivity contribution in [1.29, 1.82) is 5.26 Å². The van der Waals surface area contributed by atoms with Gasteiger partial charge in [-0.1, -0.05) is 11.6 Å². The third-order valence-corrected chi connectivity index (χ3v) is 5.80. The van der Waals surface area contributed by atoms with E-state index < -0.39 is 0 Å². The highest BCUT2D eigenvalue weighted by molar-refractivity contribution is 14.1. The number of nitrogens with one attached hydrogen (secondary N) is 1. The maximum Gasteiger partial charge on any atom is 0.0992 e. The van der Waals surface area contributed by atoms with Crippen LogP contribution in [0.2, 0.25) is 5.02 Å². The van der Waals surface area contributed by atoms with Gasteiger partial charge in [0.15, 0.2) is 0 Å². The van der Waals surface area contributed by atoms with Gasteiger partial charge in [0.05, 0.1) is 31.3 Å². The van der Waals surface area contributed by atoms with Crippen LogP contribution in [0.15, 0.2) is 24.3 Å². The Labute approximate surface area is 140 Å². The molecule has 1 atom stereocenters. The average molecular weight is 415 g/mol. The smallest absolute Gasteiger partial charge is 0.0992 e. The van der Waals surface area contributed by atoms with Crippen molar-refractivity contribution in [2.75, 3.05) is 5.32 Å². The van der Waals surface area contributed by atoms with E-state index in [2.05, 4.69) is 40.0 Å².